The number of rotatable bonds is 4. The van der Waals surface area contributed by atoms with Crippen LogP contribution in [0, 0.1) is 12.8 Å². The van der Waals surface area contributed by atoms with E-state index < -0.39 is 10.0 Å². The summed E-state index contributed by atoms with van der Waals surface area (Å²) in [6.45, 7) is 3.98. The Bertz CT molecular complexity index is 551. The Balaban J connectivity index is 2.19. The molecule has 0 bridgehead atoms. The molecule has 2 unspecified atom stereocenters. The van der Waals surface area contributed by atoms with Gasteiger partial charge in [0.2, 0.25) is 10.0 Å². The fourth-order valence-corrected chi connectivity index (χ4v) is 4.40. The zero-order valence-electron chi connectivity index (χ0n) is 12.2. The van der Waals surface area contributed by atoms with Crippen molar-refractivity contribution >= 4 is 10.0 Å². The van der Waals surface area contributed by atoms with E-state index >= 15 is 0 Å². The molecule has 2 rings (SSSR count). The molecule has 1 aromatic heterocycles. The first-order valence-electron chi connectivity index (χ1n) is 7.25. The molecule has 1 saturated carbocycles. The number of hydrogen-bond acceptors (Lipinski definition) is 4. The van der Waals surface area contributed by atoms with Crippen LogP contribution in [0.25, 0.3) is 0 Å². The fraction of sp³-hybridized carbons (Fsp3) is 0.714. The Kier molecular flexibility index (Phi) is 4.88. The van der Waals surface area contributed by atoms with E-state index in [0.29, 0.717) is 17.4 Å². The van der Waals surface area contributed by atoms with Gasteiger partial charge in [0.15, 0.2) is 0 Å². The number of furan rings is 1. The van der Waals surface area contributed by atoms with Crippen molar-refractivity contribution in [1.82, 2.24) is 4.72 Å². The molecule has 1 fully saturated rings. The highest BCUT2D eigenvalue weighted by molar-refractivity contribution is 7.89. The largest absolute Gasteiger partial charge is 0.464 e. The Morgan fingerprint density at radius 3 is 2.70 bits per heavy atom. The summed E-state index contributed by atoms with van der Waals surface area (Å²) in [6, 6.07) is 1.54. The first kappa shape index (κ1) is 15.5. The van der Waals surface area contributed by atoms with E-state index in [1.165, 1.54) is 18.9 Å². The van der Waals surface area contributed by atoms with Crippen molar-refractivity contribution in [2.24, 2.45) is 11.7 Å². The highest BCUT2D eigenvalue weighted by Gasteiger charge is 2.28. The number of sulfonamides is 1. The molecule has 5 nitrogen and oxygen atoms in total. The van der Waals surface area contributed by atoms with Crippen LogP contribution in [0.1, 0.15) is 50.5 Å². The summed E-state index contributed by atoms with van der Waals surface area (Å²) >= 11 is 0. The van der Waals surface area contributed by atoms with E-state index in [9.17, 15) is 8.42 Å². The van der Waals surface area contributed by atoms with Crippen molar-refractivity contribution in [1.29, 1.82) is 0 Å². The third kappa shape index (κ3) is 3.42. The molecule has 2 atom stereocenters. The van der Waals surface area contributed by atoms with E-state index in [4.69, 9.17) is 10.2 Å². The summed E-state index contributed by atoms with van der Waals surface area (Å²) in [7, 11) is -3.53. The molecule has 0 spiro atoms. The smallest absolute Gasteiger partial charge is 0.244 e. The van der Waals surface area contributed by atoms with Crippen LogP contribution in [-0.2, 0) is 16.6 Å². The lowest BCUT2D eigenvalue weighted by Crippen LogP contribution is -2.38. The summed E-state index contributed by atoms with van der Waals surface area (Å²) < 4.78 is 33.2. The fourth-order valence-electron chi connectivity index (χ4n) is 2.82. The van der Waals surface area contributed by atoms with Gasteiger partial charge in [0.1, 0.15) is 16.4 Å². The number of hydrogen-bond donors (Lipinski definition) is 2. The molecule has 1 aliphatic carbocycles. The topological polar surface area (TPSA) is 85.3 Å². The molecular formula is C14H24N2O3S. The third-order valence-electron chi connectivity index (χ3n) is 4.08. The van der Waals surface area contributed by atoms with Crippen LogP contribution in [0.4, 0.5) is 0 Å². The van der Waals surface area contributed by atoms with Gasteiger partial charge >= 0.3 is 0 Å². The van der Waals surface area contributed by atoms with Crippen LogP contribution in [0.2, 0.25) is 0 Å². The monoisotopic (exact) mass is 300 g/mol. The van der Waals surface area contributed by atoms with Gasteiger partial charge in [0.05, 0.1) is 6.54 Å². The van der Waals surface area contributed by atoms with Crippen molar-refractivity contribution in [2.75, 3.05) is 0 Å². The van der Waals surface area contributed by atoms with Gasteiger partial charge < -0.3 is 10.2 Å². The first-order chi connectivity index (χ1) is 9.44. The van der Waals surface area contributed by atoms with Crippen molar-refractivity contribution in [3.8, 4) is 0 Å². The van der Waals surface area contributed by atoms with E-state index in [2.05, 4.69) is 11.6 Å². The van der Waals surface area contributed by atoms with Crippen molar-refractivity contribution < 1.29 is 12.8 Å². The lowest BCUT2D eigenvalue weighted by molar-refractivity contribution is 0.399. The molecule has 6 heteroatoms. The van der Waals surface area contributed by atoms with Crippen LogP contribution in [0.5, 0.6) is 0 Å². The summed E-state index contributed by atoms with van der Waals surface area (Å²) in [6.07, 6.45) is 5.43. The average molecular weight is 300 g/mol. The molecule has 0 radical (unpaired) electrons. The SMILES string of the molecule is Cc1oc(CN)cc1S(=O)(=O)NC1CCCCCC1C. The second kappa shape index (κ2) is 6.28. The van der Waals surface area contributed by atoms with Crippen LogP contribution < -0.4 is 10.5 Å². The molecule has 0 aromatic carbocycles. The predicted octanol–water partition coefficient (Wildman–Crippen LogP) is 2.29. The maximum atomic E-state index is 12.5. The predicted molar refractivity (Wildman–Crippen MR) is 77.7 cm³/mol. The van der Waals surface area contributed by atoms with Gasteiger partial charge in [-0.15, -0.1) is 0 Å². The van der Waals surface area contributed by atoms with Gasteiger partial charge in [-0.3, -0.25) is 0 Å². The standard InChI is InChI=1S/C14H24N2O3S/c1-10-6-4-3-5-7-13(10)16-20(17,18)14-8-12(9-15)19-11(14)2/h8,10,13,16H,3-7,9,15H2,1-2H3. The van der Waals surface area contributed by atoms with Crippen LogP contribution in [-0.4, -0.2) is 14.5 Å². The zero-order chi connectivity index (χ0) is 14.8. The summed E-state index contributed by atoms with van der Waals surface area (Å²) in [4.78, 5) is 0.217. The third-order valence-corrected chi connectivity index (χ3v) is 5.68. The lowest BCUT2D eigenvalue weighted by Gasteiger charge is -2.22. The normalized spacial score (nSPS) is 24.6. The Hall–Kier alpha value is -0.850. The quantitative estimate of drug-likeness (QED) is 0.835. The zero-order valence-corrected chi connectivity index (χ0v) is 13.0. The van der Waals surface area contributed by atoms with Gasteiger partial charge in [-0.1, -0.05) is 26.2 Å². The van der Waals surface area contributed by atoms with Crippen molar-refractivity contribution in [3.63, 3.8) is 0 Å². The summed E-state index contributed by atoms with van der Waals surface area (Å²) in [5.74, 6) is 1.27. The molecule has 1 heterocycles. The second-order valence-corrected chi connectivity index (χ2v) is 7.36. The maximum Gasteiger partial charge on any atom is 0.244 e. The summed E-state index contributed by atoms with van der Waals surface area (Å²) in [5, 5.41) is 0. The summed E-state index contributed by atoms with van der Waals surface area (Å²) in [5.41, 5.74) is 5.49. The molecule has 3 N–H and O–H groups in total. The van der Waals surface area contributed by atoms with Crippen LogP contribution in [0.3, 0.4) is 0 Å². The van der Waals surface area contributed by atoms with Crippen molar-refractivity contribution in [2.45, 2.75) is 63.4 Å². The minimum absolute atomic E-state index is 0.0122. The molecule has 1 aromatic rings. The Morgan fingerprint density at radius 2 is 2.05 bits per heavy atom. The average Bonchev–Trinajstić information content (AvgIpc) is 2.68. The van der Waals surface area contributed by atoms with Gasteiger partial charge in [0, 0.05) is 12.1 Å². The highest BCUT2D eigenvalue weighted by Crippen LogP contribution is 2.26. The van der Waals surface area contributed by atoms with Crippen LogP contribution in [0.15, 0.2) is 15.4 Å². The lowest BCUT2D eigenvalue weighted by atomic mass is 9.98. The van der Waals surface area contributed by atoms with Crippen LogP contribution >= 0.6 is 0 Å². The molecular weight excluding hydrogens is 276 g/mol. The first-order valence-corrected chi connectivity index (χ1v) is 8.74. The Labute approximate surface area is 121 Å². The van der Waals surface area contributed by atoms with Gasteiger partial charge in [-0.05, 0) is 25.7 Å². The molecule has 0 aliphatic heterocycles. The second-order valence-electron chi connectivity index (χ2n) is 5.68. The minimum Gasteiger partial charge on any atom is -0.464 e. The van der Waals surface area contributed by atoms with Gasteiger partial charge in [-0.2, -0.15) is 0 Å². The van der Waals surface area contributed by atoms with Crippen molar-refractivity contribution in [3.05, 3.63) is 17.6 Å². The minimum atomic E-state index is -3.53. The Morgan fingerprint density at radius 1 is 1.35 bits per heavy atom. The number of nitrogens with two attached hydrogens (primary N) is 1. The molecule has 1 aliphatic rings. The van der Waals surface area contributed by atoms with E-state index in [-0.39, 0.29) is 17.5 Å². The molecule has 0 saturated heterocycles. The number of nitrogens with one attached hydrogen (secondary N) is 1. The van der Waals surface area contributed by atoms with Gasteiger partial charge in [0.25, 0.3) is 0 Å². The highest BCUT2D eigenvalue weighted by atomic mass is 32.2. The van der Waals surface area contributed by atoms with E-state index in [0.717, 1.165) is 19.3 Å². The van der Waals surface area contributed by atoms with Gasteiger partial charge in [-0.25, -0.2) is 13.1 Å². The number of aryl methyl sites for hydroxylation is 1. The van der Waals surface area contributed by atoms with E-state index in [1.807, 2.05) is 0 Å². The maximum absolute atomic E-state index is 12.5. The van der Waals surface area contributed by atoms with E-state index in [1.54, 1.807) is 6.92 Å². The molecule has 20 heavy (non-hydrogen) atoms. The molecule has 114 valence electrons. The molecule has 0 amide bonds.